The predicted octanol–water partition coefficient (Wildman–Crippen LogP) is 6.60. The van der Waals surface area contributed by atoms with Crippen molar-refractivity contribution in [2.75, 3.05) is 13.7 Å². The Balaban J connectivity index is 2.14. The van der Waals surface area contributed by atoms with E-state index in [-0.39, 0.29) is 23.1 Å². The molecule has 1 aliphatic rings. The van der Waals surface area contributed by atoms with Crippen LogP contribution in [-0.2, 0) is 22.1 Å². The lowest BCUT2D eigenvalue weighted by molar-refractivity contribution is 0.0285. The van der Waals surface area contributed by atoms with Gasteiger partial charge in [-0.2, -0.15) is 0 Å². The van der Waals surface area contributed by atoms with Crippen molar-refractivity contribution in [3.8, 4) is 0 Å². The van der Waals surface area contributed by atoms with Crippen LogP contribution < -0.4 is 0 Å². The van der Waals surface area contributed by atoms with Crippen molar-refractivity contribution in [3.05, 3.63) is 45.3 Å². The van der Waals surface area contributed by atoms with E-state index in [0.29, 0.717) is 13.2 Å². The van der Waals surface area contributed by atoms with E-state index >= 15 is 0 Å². The molecule has 2 rings (SSSR count). The second kappa shape index (κ2) is 9.23. The minimum Gasteiger partial charge on any atom is -0.444 e. The molecule has 8 heteroatoms. The zero-order valence-corrected chi connectivity index (χ0v) is 21.5. The molecule has 2 atom stereocenters. The van der Waals surface area contributed by atoms with Crippen LogP contribution in [0.5, 0.6) is 0 Å². The zero-order chi connectivity index (χ0) is 23.6. The van der Waals surface area contributed by atoms with E-state index in [9.17, 15) is 4.79 Å². The highest BCUT2D eigenvalue weighted by molar-refractivity contribution is 6.74. The van der Waals surface area contributed by atoms with E-state index in [2.05, 4.69) is 50.0 Å². The summed E-state index contributed by atoms with van der Waals surface area (Å²) in [5.41, 5.74) is 11.8. The summed E-state index contributed by atoms with van der Waals surface area (Å²) in [7, 11) is -0.150. The predicted molar refractivity (Wildman–Crippen MR) is 126 cm³/mol. The number of nitrogens with zero attached hydrogens (tertiary/aromatic N) is 4. The maximum atomic E-state index is 12.3. The lowest BCUT2D eigenvalue weighted by Gasteiger charge is -2.37. The number of rotatable bonds is 6. The standard InChI is InChI=1S/C23H38N4O3Si/c1-22(2,3)30-21(28)27(7)14-16-10-11-19-17(12-16)13-18(20(19)25-26-24)15-29-31(8,9)23(4,5)6/h10-12,18,20H,13-15H2,1-9H3/t18-,20-/m1/s1. The molecule has 1 aromatic carbocycles. The van der Waals surface area contributed by atoms with Gasteiger partial charge < -0.3 is 14.1 Å². The first kappa shape index (κ1) is 25.2. The van der Waals surface area contributed by atoms with Gasteiger partial charge in [0.25, 0.3) is 0 Å². The maximum Gasteiger partial charge on any atom is 0.410 e. The average Bonchev–Trinajstić information content (AvgIpc) is 2.95. The fourth-order valence-electron chi connectivity index (χ4n) is 3.44. The summed E-state index contributed by atoms with van der Waals surface area (Å²) in [5.74, 6) is 0.124. The fourth-order valence-corrected chi connectivity index (χ4v) is 4.51. The highest BCUT2D eigenvalue weighted by atomic mass is 28.4. The van der Waals surface area contributed by atoms with Gasteiger partial charge in [0.2, 0.25) is 0 Å². The van der Waals surface area contributed by atoms with Crippen molar-refractivity contribution in [1.29, 1.82) is 0 Å². The number of azide groups is 1. The lowest BCUT2D eigenvalue weighted by atomic mass is 10.0. The van der Waals surface area contributed by atoms with Crippen LogP contribution in [-0.4, -0.2) is 38.6 Å². The number of hydrogen-bond donors (Lipinski definition) is 0. The van der Waals surface area contributed by atoms with E-state index in [1.165, 1.54) is 0 Å². The molecule has 0 unspecified atom stereocenters. The number of benzene rings is 1. The van der Waals surface area contributed by atoms with Crippen LogP contribution in [0.1, 0.15) is 64.3 Å². The maximum absolute atomic E-state index is 12.3. The fraction of sp³-hybridized carbons (Fsp3) is 0.696. The zero-order valence-electron chi connectivity index (χ0n) is 20.5. The van der Waals surface area contributed by atoms with Gasteiger partial charge in [0.1, 0.15) is 5.60 Å². The molecule has 0 radical (unpaired) electrons. The highest BCUT2D eigenvalue weighted by Gasteiger charge is 2.40. The van der Waals surface area contributed by atoms with Crippen LogP contribution in [0, 0.1) is 5.92 Å². The van der Waals surface area contributed by atoms with E-state index in [1.54, 1.807) is 11.9 Å². The van der Waals surface area contributed by atoms with Crippen LogP contribution in [0.15, 0.2) is 23.3 Å². The second-order valence-electron chi connectivity index (χ2n) is 11.1. The van der Waals surface area contributed by atoms with Crippen LogP contribution in [0.3, 0.4) is 0 Å². The summed E-state index contributed by atoms with van der Waals surface area (Å²) >= 11 is 0. The van der Waals surface area contributed by atoms with Gasteiger partial charge in [-0.1, -0.05) is 44.1 Å². The van der Waals surface area contributed by atoms with Crippen molar-refractivity contribution >= 4 is 14.4 Å². The van der Waals surface area contributed by atoms with Crippen molar-refractivity contribution < 1.29 is 14.0 Å². The van der Waals surface area contributed by atoms with Crippen LogP contribution in [0.25, 0.3) is 10.4 Å². The molecule has 1 aliphatic carbocycles. The van der Waals surface area contributed by atoms with E-state index in [1.807, 2.05) is 32.9 Å². The van der Waals surface area contributed by atoms with E-state index in [0.717, 1.165) is 23.1 Å². The van der Waals surface area contributed by atoms with Gasteiger partial charge in [-0.25, -0.2) is 4.79 Å². The largest absolute Gasteiger partial charge is 0.444 e. The minimum absolute atomic E-state index is 0.124. The van der Waals surface area contributed by atoms with Crippen LogP contribution >= 0.6 is 0 Å². The van der Waals surface area contributed by atoms with Gasteiger partial charge in [0.15, 0.2) is 8.32 Å². The third kappa shape index (κ3) is 6.48. The Morgan fingerprint density at radius 2 is 1.90 bits per heavy atom. The first-order chi connectivity index (χ1) is 14.1. The number of ether oxygens (including phenoxy) is 1. The SMILES string of the molecule is CN(Cc1ccc2c(c1)C[C@H](CO[Si](C)(C)C(C)(C)C)[C@H]2N=[N+]=[N-])C(=O)OC(C)(C)C. The molecule has 7 nitrogen and oxygen atoms in total. The number of amides is 1. The summed E-state index contributed by atoms with van der Waals surface area (Å²) in [6, 6.07) is 5.92. The molecule has 0 aliphatic heterocycles. The van der Waals surface area contributed by atoms with E-state index in [4.69, 9.17) is 14.7 Å². The van der Waals surface area contributed by atoms with Gasteiger partial charge in [0, 0.05) is 25.1 Å². The molecular formula is C23H38N4O3Si. The van der Waals surface area contributed by atoms with Crippen molar-refractivity contribution in [2.24, 2.45) is 11.0 Å². The molecule has 0 bridgehead atoms. The number of carbonyl (C=O) groups is 1. The first-order valence-electron chi connectivity index (χ1n) is 10.9. The molecule has 1 amide bonds. The average molecular weight is 447 g/mol. The van der Waals surface area contributed by atoms with Gasteiger partial charge in [-0.3, -0.25) is 0 Å². The molecule has 0 aromatic heterocycles. The lowest BCUT2D eigenvalue weighted by Crippen LogP contribution is -2.42. The summed E-state index contributed by atoms with van der Waals surface area (Å²) in [4.78, 5) is 17.0. The third-order valence-electron chi connectivity index (χ3n) is 6.22. The number of fused-ring (bicyclic) bond motifs is 1. The molecule has 0 N–H and O–H groups in total. The summed E-state index contributed by atoms with van der Waals surface area (Å²) in [5, 5.41) is 4.23. The van der Waals surface area contributed by atoms with Crippen molar-refractivity contribution in [3.63, 3.8) is 0 Å². The van der Waals surface area contributed by atoms with Gasteiger partial charge in [-0.15, -0.1) is 0 Å². The Bertz CT molecular complexity index is 851. The van der Waals surface area contributed by atoms with Crippen LogP contribution in [0.4, 0.5) is 4.79 Å². The molecule has 1 aromatic rings. The number of hydrogen-bond acceptors (Lipinski definition) is 4. The third-order valence-corrected chi connectivity index (χ3v) is 10.7. The molecule has 0 heterocycles. The second-order valence-corrected chi connectivity index (χ2v) is 15.9. The van der Waals surface area contributed by atoms with Crippen molar-refractivity contribution in [1.82, 2.24) is 4.90 Å². The van der Waals surface area contributed by atoms with E-state index < -0.39 is 13.9 Å². The molecular weight excluding hydrogens is 408 g/mol. The monoisotopic (exact) mass is 446 g/mol. The smallest absolute Gasteiger partial charge is 0.410 e. The topological polar surface area (TPSA) is 87.5 Å². The molecule has 0 fully saturated rings. The normalized spacial score (nSPS) is 18.9. The summed E-state index contributed by atoms with van der Waals surface area (Å²) < 4.78 is 11.9. The summed E-state index contributed by atoms with van der Waals surface area (Å²) in [6.07, 6.45) is 0.457. The first-order valence-corrected chi connectivity index (χ1v) is 13.8. The van der Waals surface area contributed by atoms with Crippen molar-refractivity contribution in [2.45, 2.75) is 84.3 Å². The molecule has 31 heavy (non-hydrogen) atoms. The Hall–Kier alpha value is -2.02. The van der Waals surface area contributed by atoms with Gasteiger partial charge in [-0.05, 0) is 73.5 Å². The molecule has 0 saturated carbocycles. The Labute approximate surface area is 187 Å². The van der Waals surface area contributed by atoms with Gasteiger partial charge >= 0.3 is 6.09 Å². The number of carbonyl (C=O) groups excluding carboxylic acids is 1. The molecule has 172 valence electrons. The Kier molecular flexibility index (Phi) is 7.51. The Morgan fingerprint density at radius 3 is 2.45 bits per heavy atom. The van der Waals surface area contributed by atoms with Crippen LogP contribution in [0.2, 0.25) is 18.1 Å². The highest BCUT2D eigenvalue weighted by Crippen LogP contribution is 2.42. The van der Waals surface area contributed by atoms with Gasteiger partial charge in [0.05, 0.1) is 6.04 Å². The molecule has 0 saturated heterocycles. The molecule has 0 spiro atoms. The Morgan fingerprint density at radius 1 is 1.26 bits per heavy atom. The summed E-state index contributed by atoms with van der Waals surface area (Å²) in [6.45, 7) is 17.8. The quantitative estimate of drug-likeness (QED) is 0.213. The minimum atomic E-state index is -1.89.